The van der Waals surface area contributed by atoms with Gasteiger partial charge in [-0.1, -0.05) is 0 Å². The molecule has 0 saturated carbocycles. The van der Waals surface area contributed by atoms with Crippen LogP contribution in [-0.4, -0.2) is 19.9 Å². The van der Waals surface area contributed by atoms with Crippen molar-refractivity contribution in [2.75, 3.05) is 5.73 Å². The average molecular weight is 291 g/mol. The van der Waals surface area contributed by atoms with Gasteiger partial charge in [0.1, 0.15) is 11.6 Å². The Labute approximate surface area is 127 Å². The van der Waals surface area contributed by atoms with E-state index in [1.54, 1.807) is 0 Å². The number of aromatic nitrogens is 4. The molecule has 0 atom stereocenters. The third-order valence-corrected chi connectivity index (χ3v) is 4.12. The third-order valence-electron chi connectivity index (χ3n) is 4.12. The van der Waals surface area contributed by atoms with Crippen LogP contribution in [-0.2, 0) is 0 Å². The molecule has 110 valence electrons. The van der Waals surface area contributed by atoms with Gasteiger partial charge >= 0.3 is 0 Å². The number of rotatable bonds is 1. The van der Waals surface area contributed by atoms with Crippen molar-refractivity contribution < 1.29 is 0 Å². The SMILES string of the molecule is Cc1nc2nc(N)cc(-c3cc4cc(C)c(C)cc4[nH]3)c2[nH]1. The first-order valence-corrected chi connectivity index (χ1v) is 7.24. The fraction of sp³-hybridized carbons (Fsp3) is 0.176. The Hall–Kier alpha value is -2.82. The predicted molar refractivity (Wildman–Crippen MR) is 89.8 cm³/mol. The van der Waals surface area contributed by atoms with Crippen LogP contribution >= 0.6 is 0 Å². The number of imidazole rings is 1. The molecule has 0 aliphatic carbocycles. The van der Waals surface area contributed by atoms with Gasteiger partial charge in [-0.3, -0.25) is 0 Å². The monoisotopic (exact) mass is 291 g/mol. The molecule has 0 saturated heterocycles. The lowest BCUT2D eigenvalue weighted by atomic mass is 10.1. The molecule has 3 aromatic heterocycles. The maximum Gasteiger partial charge on any atom is 0.180 e. The van der Waals surface area contributed by atoms with E-state index in [4.69, 9.17) is 5.73 Å². The number of aryl methyl sites for hydroxylation is 3. The van der Waals surface area contributed by atoms with Crippen LogP contribution in [0.3, 0.4) is 0 Å². The number of nitrogen functional groups attached to an aromatic ring is 1. The lowest BCUT2D eigenvalue weighted by molar-refractivity contribution is 1.16. The summed E-state index contributed by atoms with van der Waals surface area (Å²) >= 11 is 0. The first-order valence-electron chi connectivity index (χ1n) is 7.24. The van der Waals surface area contributed by atoms with E-state index in [1.165, 1.54) is 16.5 Å². The number of hydrogen-bond acceptors (Lipinski definition) is 3. The summed E-state index contributed by atoms with van der Waals surface area (Å²) in [5.74, 6) is 1.30. The molecular weight excluding hydrogens is 274 g/mol. The van der Waals surface area contributed by atoms with Crippen molar-refractivity contribution in [3.8, 4) is 11.3 Å². The molecule has 4 rings (SSSR count). The Kier molecular flexibility index (Phi) is 2.54. The van der Waals surface area contributed by atoms with Gasteiger partial charge in [0.15, 0.2) is 5.65 Å². The zero-order valence-corrected chi connectivity index (χ0v) is 12.8. The summed E-state index contributed by atoms with van der Waals surface area (Å²) in [5, 5.41) is 1.19. The molecule has 0 fully saturated rings. The van der Waals surface area contributed by atoms with E-state index in [-0.39, 0.29) is 0 Å². The van der Waals surface area contributed by atoms with Gasteiger partial charge in [0.2, 0.25) is 0 Å². The van der Waals surface area contributed by atoms with Gasteiger partial charge in [-0.25, -0.2) is 9.97 Å². The van der Waals surface area contributed by atoms with Crippen LogP contribution < -0.4 is 5.73 Å². The summed E-state index contributed by atoms with van der Waals surface area (Å²) < 4.78 is 0. The van der Waals surface area contributed by atoms with Gasteiger partial charge in [0.05, 0.1) is 5.52 Å². The molecule has 0 spiro atoms. The number of pyridine rings is 1. The molecular formula is C17H17N5. The van der Waals surface area contributed by atoms with Crippen LogP contribution in [0.25, 0.3) is 33.3 Å². The number of fused-ring (bicyclic) bond motifs is 2. The van der Waals surface area contributed by atoms with Gasteiger partial charge < -0.3 is 15.7 Å². The summed E-state index contributed by atoms with van der Waals surface area (Å²) in [6, 6.07) is 8.40. The van der Waals surface area contributed by atoms with Crippen molar-refractivity contribution >= 4 is 27.9 Å². The molecule has 0 amide bonds. The van der Waals surface area contributed by atoms with Gasteiger partial charge in [0, 0.05) is 22.2 Å². The van der Waals surface area contributed by atoms with E-state index >= 15 is 0 Å². The van der Waals surface area contributed by atoms with E-state index in [2.05, 4.69) is 52.0 Å². The predicted octanol–water partition coefficient (Wildman–Crippen LogP) is 3.61. The highest BCUT2D eigenvalue weighted by Crippen LogP contribution is 2.31. The molecule has 0 aliphatic heterocycles. The fourth-order valence-electron chi connectivity index (χ4n) is 2.88. The summed E-state index contributed by atoms with van der Waals surface area (Å²) in [5.41, 5.74) is 13.2. The van der Waals surface area contributed by atoms with Crippen LogP contribution in [0.1, 0.15) is 17.0 Å². The molecule has 5 heteroatoms. The maximum absolute atomic E-state index is 5.93. The maximum atomic E-state index is 5.93. The zero-order chi connectivity index (χ0) is 15.4. The van der Waals surface area contributed by atoms with Gasteiger partial charge in [-0.2, -0.15) is 0 Å². The molecule has 0 unspecified atom stereocenters. The lowest BCUT2D eigenvalue weighted by Gasteiger charge is -2.01. The smallest absolute Gasteiger partial charge is 0.180 e. The average Bonchev–Trinajstić information content (AvgIpc) is 3.00. The van der Waals surface area contributed by atoms with Crippen molar-refractivity contribution in [2.24, 2.45) is 0 Å². The topological polar surface area (TPSA) is 83.4 Å². The molecule has 5 nitrogen and oxygen atoms in total. The number of H-pyrrole nitrogens is 2. The Bertz CT molecular complexity index is 984. The number of nitrogens with two attached hydrogens (primary N) is 1. The van der Waals surface area contributed by atoms with Gasteiger partial charge in [-0.05, 0) is 56.2 Å². The van der Waals surface area contributed by atoms with E-state index in [0.29, 0.717) is 11.5 Å². The summed E-state index contributed by atoms with van der Waals surface area (Å²) in [7, 11) is 0. The summed E-state index contributed by atoms with van der Waals surface area (Å²) in [6.07, 6.45) is 0. The number of hydrogen-bond donors (Lipinski definition) is 3. The Morgan fingerprint density at radius 2 is 1.68 bits per heavy atom. The Balaban J connectivity index is 2.02. The number of anilines is 1. The van der Waals surface area contributed by atoms with Crippen LogP contribution in [0.4, 0.5) is 5.82 Å². The number of nitrogens with zero attached hydrogens (tertiary/aromatic N) is 2. The van der Waals surface area contributed by atoms with Crippen molar-refractivity contribution in [3.05, 3.63) is 41.2 Å². The highest BCUT2D eigenvalue weighted by atomic mass is 15.0. The number of aromatic amines is 2. The minimum Gasteiger partial charge on any atom is -0.384 e. The molecule has 3 heterocycles. The first kappa shape index (κ1) is 12.9. The van der Waals surface area contributed by atoms with Crippen molar-refractivity contribution in [1.29, 1.82) is 0 Å². The van der Waals surface area contributed by atoms with E-state index < -0.39 is 0 Å². The molecule has 0 aliphatic rings. The minimum absolute atomic E-state index is 0.472. The Morgan fingerprint density at radius 3 is 2.50 bits per heavy atom. The third kappa shape index (κ3) is 1.86. The minimum atomic E-state index is 0.472. The summed E-state index contributed by atoms with van der Waals surface area (Å²) in [4.78, 5) is 15.4. The van der Waals surface area contributed by atoms with Crippen molar-refractivity contribution in [3.63, 3.8) is 0 Å². The van der Waals surface area contributed by atoms with Crippen LogP contribution in [0.5, 0.6) is 0 Å². The van der Waals surface area contributed by atoms with E-state index in [1.807, 2.05) is 13.0 Å². The lowest BCUT2D eigenvalue weighted by Crippen LogP contribution is -1.92. The second-order valence-corrected chi connectivity index (χ2v) is 5.82. The highest BCUT2D eigenvalue weighted by molar-refractivity contribution is 5.95. The Morgan fingerprint density at radius 1 is 0.909 bits per heavy atom. The zero-order valence-electron chi connectivity index (χ0n) is 12.8. The van der Waals surface area contributed by atoms with E-state index in [0.717, 1.165) is 28.1 Å². The quantitative estimate of drug-likeness (QED) is 0.501. The summed E-state index contributed by atoms with van der Waals surface area (Å²) in [6.45, 7) is 6.16. The molecule has 4 aromatic rings. The number of nitrogens with one attached hydrogen (secondary N) is 2. The molecule has 0 bridgehead atoms. The first-order chi connectivity index (χ1) is 10.5. The highest BCUT2D eigenvalue weighted by Gasteiger charge is 2.13. The van der Waals surface area contributed by atoms with Crippen LogP contribution in [0, 0.1) is 20.8 Å². The van der Waals surface area contributed by atoms with Crippen LogP contribution in [0.2, 0.25) is 0 Å². The fourth-order valence-corrected chi connectivity index (χ4v) is 2.88. The number of benzene rings is 1. The largest absolute Gasteiger partial charge is 0.384 e. The second kappa shape index (κ2) is 4.34. The van der Waals surface area contributed by atoms with Crippen molar-refractivity contribution in [1.82, 2.24) is 19.9 Å². The van der Waals surface area contributed by atoms with Gasteiger partial charge in [-0.15, -0.1) is 0 Å². The normalized spacial score (nSPS) is 11.6. The molecule has 4 N–H and O–H groups in total. The van der Waals surface area contributed by atoms with Gasteiger partial charge in [0.25, 0.3) is 0 Å². The molecule has 1 aromatic carbocycles. The van der Waals surface area contributed by atoms with Crippen molar-refractivity contribution in [2.45, 2.75) is 20.8 Å². The van der Waals surface area contributed by atoms with Crippen LogP contribution in [0.15, 0.2) is 24.3 Å². The molecule has 22 heavy (non-hydrogen) atoms. The van der Waals surface area contributed by atoms with E-state index in [9.17, 15) is 0 Å². The second-order valence-electron chi connectivity index (χ2n) is 5.82. The molecule has 0 radical (unpaired) electrons. The standard InChI is InChI=1S/C17H17N5/c1-8-4-11-6-14(21-13(11)5-9(8)2)12-7-15(18)22-17-16(12)19-10(3)20-17/h4-7,21H,1-3H3,(H3,18,19,20,22).